The first-order valence-electron chi connectivity index (χ1n) is 5.98. The van der Waals surface area contributed by atoms with Gasteiger partial charge in [0, 0.05) is 25.4 Å². The predicted molar refractivity (Wildman–Crippen MR) is 65.9 cm³/mol. The number of aliphatic carboxylic acids is 1. The summed E-state index contributed by atoms with van der Waals surface area (Å²) < 4.78 is 1.64. The lowest BCUT2D eigenvalue weighted by molar-refractivity contribution is -0.142. The molecule has 0 fully saturated rings. The highest BCUT2D eigenvalue weighted by Gasteiger charge is 2.20. The van der Waals surface area contributed by atoms with Gasteiger partial charge in [0.2, 0.25) is 5.91 Å². The van der Waals surface area contributed by atoms with Gasteiger partial charge in [-0.25, -0.2) is 4.79 Å². The second-order valence-electron chi connectivity index (χ2n) is 4.61. The molecular weight excluding hydrogens is 234 g/mol. The molecule has 1 heterocycles. The summed E-state index contributed by atoms with van der Waals surface area (Å²) >= 11 is 0. The highest BCUT2D eigenvalue weighted by molar-refractivity contribution is 5.83. The van der Waals surface area contributed by atoms with Crippen LogP contribution in [0.5, 0.6) is 0 Å². The van der Waals surface area contributed by atoms with Crippen molar-refractivity contribution in [3.05, 3.63) is 18.5 Å². The van der Waals surface area contributed by atoms with Gasteiger partial charge < -0.3 is 10.4 Å². The zero-order valence-corrected chi connectivity index (χ0v) is 10.7. The van der Waals surface area contributed by atoms with Crippen LogP contribution in [0.2, 0.25) is 0 Å². The summed E-state index contributed by atoms with van der Waals surface area (Å²) in [7, 11) is 0. The van der Waals surface area contributed by atoms with Crippen LogP contribution in [0.1, 0.15) is 26.7 Å². The minimum atomic E-state index is -0.990. The normalized spacial score (nSPS) is 12.4. The van der Waals surface area contributed by atoms with Gasteiger partial charge >= 0.3 is 5.97 Å². The molecule has 0 spiro atoms. The molecule has 2 N–H and O–H groups in total. The number of rotatable bonds is 7. The molecule has 0 saturated heterocycles. The lowest BCUT2D eigenvalue weighted by atomic mass is 10.0. The van der Waals surface area contributed by atoms with Gasteiger partial charge in [0.05, 0.1) is 0 Å². The van der Waals surface area contributed by atoms with E-state index < -0.39 is 12.0 Å². The lowest BCUT2D eigenvalue weighted by Gasteiger charge is -2.16. The summed E-state index contributed by atoms with van der Waals surface area (Å²) in [5.41, 5.74) is 0. The van der Waals surface area contributed by atoms with Gasteiger partial charge in [0.15, 0.2) is 0 Å². The van der Waals surface area contributed by atoms with Crippen LogP contribution in [-0.2, 0) is 16.1 Å². The number of aryl methyl sites for hydroxylation is 1. The summed E-state index contributed by atoms with van der Waals surface area (Å²) in [6.07, 6.45) is 4.05. The molecule has 0 aliphatic rings. The molecule has 6 heteroatoms. The smallest absolute Gasteiger partial charge is 0.326 e. The molecule has 1 aromatic rings. The Morgan fingerprint density at radius 3 is 2.67 bits per heavy atom. The predicted octanol–water partition coefficient (Wildman–Crippen LogP) is 0.889. The molecule has 0 radical (unpaired) electrons. The van der Waals surface area contributed by atoms with Gasteiger partial charge in [-0.3, -0.25) is 9.48 Å². The summed E-state index contributed by atoms with van der Waals surface area (Å²) in [5.74, 6) is -1.03. The highest BCUT2D eigenvalue weighted by Crippen LogP contribution is 2.05. The molecule has 0 bridgehead atoms. The van der Waals surface area contributed by atoms with Crippen molar-refractivity contribution < 1.29 is 14.7 Å². The fraction of sp³-hybridized carbons (Fsp3) is 0.583. The van der Waals surface area contributed by atoms with Crippen LogP contribution in [0.4, 0.5) is 0 Å². The van der Waals surface area contributed by atoms with Gasteiger partial charge in [-0.2, -0.15) is 5.10 Å². The maximum absolute atomic E-state index is 11.6. The van der Waals surface area contributed by atoms with E-state index in [1.54, 1.807) is 23.1 Å². The van der Waals surface area contributed by atoms with Crippen molar-refractivity contribution in [2.75, 3.05) is 0 Å². The van der Waals surface area contributed by atoms with Gasteiger partial charge in [-0.1, -0.05) is 13.8 Å². The van der Waals surface area contributed by atoms with E-state index in [9.17, 15) is 9.59 Å². The first kappa shape index (κ1) is 14.2. The van der Waals surface area contributed by atoms with E-state index in [1.165, 1.54) is 0 Å². The highest BCUT2D eigenvalue weighted by atomic mass is 16.4. The van der Waals surface area contributed by atoms with E-state index in [1.807, 2.05) is 13.8 Å². The maximum atomic E-state index is 11.6. The molecule has 0 saturated carbocycles. The van der Waals surface area contributed by atoms with Gasteiger partial charge in [-0.15, -0.1) is 0 Å². The Bertz CT molecular complexity index is 387. The Morgan fingerprint density at radius 2 is 2.17 bits per heavy atom. The minimum Gasteiger partial charge on any atom is -0.480 e. The number of amides is 1. The molecule has 0 aliphatic carbocycles. The van der Waals surface area contributed by atoms with Crippen molar-refractivity contribution in [2.24, 2.45) is 5.92 Å². The van der Waals surface area contributed by atoms with E-state index in [0.29, 0.717) is 13.0 Å². The van der Waals surface area contributed by atoms with Crippen molar-refractivity contribution in [2.45, 2.75) is 39.3 Å². The second kappa shape index (κ2) is 6.78. The largest absolute Gasteiger partial charge is 0.480 e. The summed E-state index contributed by atoms with van der Waals surface area (Å²) in [4.78, 5) is 22.6. The zero-order chi connectivity index (χ0) is 13.5. The maximum Gasteiger partial charge on any atom is 0.326 e. The summed E-state index contributed by atoms with van der Waals surface area (Å²) in [5, 5.41) is 15.5. The second-order valence-corrected chi connectivity index (χ2v) is 4.61. The molecule has 1 rings (SSSR count). The molecule has 18 heavy (non-hydrogen) atoms. The van der Waals surface area contributed by atoms with E-state index in [4.69, 9.17) is 5.11 Å². The number of carbonyl (C=O) groups excluding carboxylic acids is 1. The molecule has 1 atom stereocenters. The van der Waals surface area contributed by atoms with Crippen molar-refractivity contribution >= 4 is 11.9 Å². The number of carbonyl (C=O) groups is 2. The number of nitrogens with one attached hydrogen (secondary N) is 1. The van der Waals surface area contributed by atoms with Gasteiger partial charge in [0.25, 0.3) is 0 Å². The number of nitrogens with zero attached hydrogens (tertiary/aromatic N) is 2. The molecule has 0 aliphatic heterocycles. The number of carboxylic acid groups (broad SMARTS) is 1. The quantitative estimate of drug-likeness (QED) is 0.755. The van der Waals surface area contributed by atoms with Crippen LogP contribution in [0.3, 0.4) is 0 Å². The van der Waals surface area contributed by atoms with Crippen LogP contribution in [0, 0.1) is 5.92 Å². The molecular formula is C12H19N3O3. The first-order valence-corrected chi connectivity index (χ1v) is 5.98. The van der Waals surface area contributed by atoms with E-state index >= 15 is 0 Å². The first-order chi connectivity index (χ1) is 8.49. The van der Waals surface area contributed by atoms with Crippen molar-refractivity contribution in [1.29, 1.82) is 0 Å². The fourth-order valence-corrected chi connectivity index (χ4v) is 1.61. The fourth-order valence-electron chi connectivity index (χ4n) is 1.61. The molecule has 1 amide bonds. The standard InChI is InChI=1S/C12H19N3O3/c1-9(2)8-10(12(17)18)14-11(16)4-7-15-6-3-5-13-15/h3,5-6,9-10H,4,7-8H2,1-2H3,(H,14,16)(H,17,18)/t10-/m1/s1. The van der Waals surface area contributed by atoms with Crippen molar-refractivity contribution in [3.63, 3.8) is 0 Å². The van der Waals surface area contributed by atoms with Crippen LogP contribution in [0.25, 0.3) is 0 Å². The third-order valence-corrected chi connectivity index (χ3v) is 2.47. The average Bonchev–Trinajstić information content (AvgIpc) is 2.77. The van der Waals surface area contributed by atoms with Crippen LogP contribution in [0.15, 0.2) is 18.5 Å². The molecule has 6 nitrogen and oxygen atoms in total. The number of hydrogen-bond donors (Lipinski definition) is 2. The Labute approximate surface area is 106 Å². The topological polar surface area (TPSA) is 84.2 Å². The monoisotopic (exact) mass is 253 g/mol. The molecule has 0 unspecified atom stereocenters. The lowest BCUT2D eigenvalue weighted by Crippen LogP contribution is -2.41. The Morgan fingerprint density at radius 1 is 1.44 bits per heavy atom. The molecule has 100 valence electrons. The van der Waals surface area contributed by atoms with E-state index in [2.05, 4.69) is 10.4 Å². The van der Waals surface area contributed by atoms with Crippen LogP contribution < -0.4 is 5.32 Å². The SMILES string of the molecule is CC(C)C[C@@H](NC(=O)CCn1cccn1)C(=O)O. The van der Waals surface area contributed by atoms with Gasteiger partial charge in [0.1, 0.15) is 6.04 Å². The number of carboxylic acids is 1. The summed E-state index contributed by atoms with van der Waals surface area (Å²) in [6.45, 7) is 4.30. The van der Waals surface area contributed by atoms with Gasteiger partial charge in [-0.05, 0) is 18.4 Å². The van der Waals surface area contributed by atoms with Crippen molar-refractivity contribution in [3.8, 4) is 0 Å². The Hall–Kier alpha value is -1.85. The molecule has 1 aromatic heterocycles. The van der Waals surface area contributed by atoms with Crippen LogP contribution in [-0.4, -0.2) is 32.8 Å². The third-order valence-electron chi connectivity index (χ3n) is 2.47. The third kappa shape index (κ3) is 4.99. The van der Waals surface area contributed by atoms with Crippen molar-refractivity contribution in [1.82, 2.24) is 15.1 Å². The molecule has 0 aromatic carbocycles. The average molecular weight is 253 g/mol. The number of aromatic nitrogens is 2. The number of hydrogen-bond acceptors (Lipinski definition) is 3. The minimum absolute atomic E-state index is 0.220. The zero-order valence-electron chi connectivity index (χ0n) is 10.7. The summed E-state index contributed by atoms with van der Waals surface area (Å²) in [6, 6.07) is 0.964. The Balaban J connectivity index is 2.39. The van der Waals surface area contributed by atoms with Crippen LogP contribution >= 0.6 is 0 Å². The van der Waals surface area contributed by atoms with E-state index in [0.717, 1.165) is 0 Å². The van der Waals surface area contributed by atoms with E-state index in [-0.39, 0.29) is 18.2 Å². The Kier molecular flexibility index (Phi) is 5.35.